The van der Waals surface area contributed by atoms with Gasteiger partial charge >= 0.3 is 0 Å². The van der Waals surface area contributed by atoms with Crippen molar-refractivity contribution < 1.29 is 19.2 Å². The summed E-state index contributed by atoms with van der Waals surface area (Å²) in [5, 5.41) is 0. The number of amides is 4. The van der Waals surface area contributed by atoms with Crippen LogP contribution >= 0.6 is 0 Å². The highest BCUT2D eigenvalue weighted by Crippen LogP contribution is 2.53. The molecule has 7 heteroatoms. The van der Waals surface area contributed by atoms with Crippen LogP contribution in [-0.4, -0.2) is 58.2 Å². The minimum atomic E-state index is -0.241. The van der Waals surface area contributed by atoms with Crippen LogP contribution in [0.5, 0.6) is 0 Å². The molecule has 0 spiro atoms. The smallest absolute Gasteiger partial charge is 0.234 e. The van der Waals surface area contributed by atoms with Gasteiger partial charge in [0.05, 0.1) is 37.0 Å². The molecule has 8 atom stereocenters. The average Bonchev–Trinajstić information content (AvgIpc) is 3.55. The lowest BCUT2D eigenvalue weighted by atomic mass is 9.85. The Bertz CT molecular complexity index is 809. The fourth-order valence-corrected chi connectivity index (χ4v) is 6.95. The number of carbonyl (C=O) groups excluding carboxylic acids is 4. The van der Waals surface area contributed by atoms with Gasteiger partial charge in [0.25, 0.3) is 0 Å². The molecule has 7 nitrogen and oxygen atoms in total. The van der Waals surface area contributed by atoms with Crippen LogP contribution in [0.2, 0.25) is 0 Å². The predicted molar refractivity (Wildman–Crippen MR) is 106 cm³/mol. The summed E-state index contributed by atoms with van der Waals surface area (Å²) in [6, 6.07) is 0. The molecule has 2 saturated heterocycles. The Kier molecular flexibility index (Phi) is 3.79. The molecule has 30 heavy (non-hydrogen) atoms. The van der Waals surface area contributed by atoms with Crippen molar-refractivity contribution in [3.63, 3.8) is 0 Å². The number of likely N-dealkylation sites (tertiary alicyclic amines) is 2. The second-order valence-corrected chi connectivity index (χ2v) is 9.63. The van der Waals surface area contributed by atoms with Gasteiger partial charge in [-0.3, -0.25) is 33.9 Å². The van der Waals surface area contributed by atoms with Gasteiger partial charge in [-0.05, 0) is 36.5 Å². The summed E-state index contributed by atoms with van der Waals surface area (Å²) in [5.41, 5.74) is 0. The largest absolute Gasteiger partial charge is 0.274 e. The molecule has 4 bridgehead atoms. The molecular formula is C23H25N3O4. The van der Waals surface area contributed by atoms with Crippen LogP contribution in [0.25, 0.3) is 0 Å². The monoisotopic (exact) mass is 407 g/mol. The molecule has 4 fully saturated rings. The highest BCUT2D eigenvalue weighted by atomic mass is 16.2. The molecule has 156 valence electrons. The topological polar surface area (TPSA) is 78.0 Å². The number of carbonyl (C=O) groups is 4. The molecule has 2 saturated carbocycles. The van der Waals surface area contributed by atoms with Crippen LogP contribution in [0.4, 0.5) is 0 Å². The summed E-state index contributed by atoms with van der Waals surface area (Å²) >= 11 is 0. The minimum Gasteiger partial charge on any atom is -0.274 e. The second kappa shape index (κ2) is 6.23. The first-order valence-corrected chi connectivity index (χ1v) is 10.9. The first-order chi connectivity index (χ1) is 14.5. The fourth-order valence-electron chi connectivity index (χ4n) is 6.95. The summed E-state index contributed by atoms with van der Waals surface area (Å²) in [6.07, 6.45) is 11.8. The van der Waals surface area contributed by atoms with Crippen LogP contribution in [0.3, 0.4) is 0 Å². The lowest BCUT2D eigenvalue weighted by Crippen LogP contribution is -2.49. The molecule has 4 aliphatic carbocycles. The van der Waals surface area contributed by atoms with E-state index in [1.54, 1.807) is 11.0 Å². The number of nitrogens with zero attached hydrogens (tertiary/aromatic N) is 3. The van der Waals surface area contributed by atoms with Crippen molar-refractivity contribution in [3.8, 4) is 0 Å². The third-order valence-corrected chi connectivity index (χ3v) is 8.19. The van der Waals surface area contributed by atoms with Gasteiger partial charge in [0, 0.05) is 6.54 Å². The fraction of sp³-hybridized carbons (Fsp3) is 0.565. The van der Waals surface area contributed by atoms with Crippen molar-refractivity contribution in [2.75, 3.05) is 19.9 Å². The van der Waals surface area contributed by atoms with Crippen LogP contribution in [0.1, 0.15) is 12.8 Å². The molecule has 4 amide bonds. The summed E-state index contributed by atoms with van der Waals surface area (Å²) in [4.78, 5) is 56.5. The normalized spacial score (nSPS) is 42.4. The van der Waals surface area contributed by atoms with Gasteiger partial charge < -0.3 is 0 Å². The zero-order valence-electron chi connectivity index (χ0n) is 16.7. The van der Waals surface area contributed by atoms with Gasteiger partial charge in [-0.2, -0.15) is 0 Å². The Hall–Kier alpha value is -2.54. The number of hydrogen-bond acceptors (Lipinski definition) is 5. The van der Waals surface area contributed by atoms with Gasteiger partial charge in [-0.1, -0.05) is 30.4 Å². The van der Waals surface area contributed by atoms with Gasteiger partial charge in [-0.25, -0.2) is 0 Å². The SMILES string of the molecule is C=CCN(CN1C(=O)[C@@H]2[C@H](C1=O)[C@@H]1C=C[C@H]2C1)CN1C(=O)[C@@H]2[C@H](C1=O)[C@H]1C=C[C@H]2C1. The maximum Gasteiger partial charge on any atom is 0.234 e. The van der Waals surface area contributed by atoms with Gasteiger partial charge in [-0.15, -0.1) is 6.58 Å². The zero-order valence-corrected chi connectivity index (χ0v) is 16.7. The van der Waals surface area contributed by atoms with Crippen molar-refractivity contribution in [1.82, 2.24) is 14.7 Å². The Balaban J connectivity index is 1.19. The third kappa shape index (κ3) is 2.24. The highest BCUT2D eigenvalue weighted by molar-refractivity contribution is 6.07. The third-order valence-electron chi connectivity index (χ3n) is 8.19. The van der Waals surface area contributed by atoms with E-state index in [1.165, 1.54) is 9.80 Å². The number of rotatable bonds is 6. The summed E-state index contributed by atoms with van der Waals surface area (Å²) in [6.45, 7) is 4.34. The van der Waals surface area contributed by atoms with Crippen molar-refractivity contribution in [3.05, 3.63) is 37.0 Å². The maximum atomic E-state index is 13.0. The van der Waals surface area contributed by atoms with E-state index in [0.717, 1.165) is 12.8 Å². The van der Waals surface area contributed by atoms with E-state index in [4.69, 9.17) is 0 Å². The van der Waals surface area contributed by atoms with E-state index in [1.807, 2.05) is 0 Å². The van der Waals surface area contributed by atoms with Crippen molar-refractivity contribution in [2.24, 2.45) is 47.3 Å². The van der Waals surface area contributed by atoms with Gasteiger partial charge in [0.15, 0.2) is 0 Å². The molecule has 0 aromatic rings. The van der Waals surface area contributed by atoms with Gasteiger partial charge in [0.2, 0.25) is 23.6 Å². The summed E-state index contributed by atoms with van der Waals surface area (Å²) < 4.78 is 0. The van der Waals surface area contributed by atoms with Crippen LogP contribution in [0, 0.1) is 47.3 Å². The first-order valence-electron chi connectivity index (χ1n) is 10.9. The van der Waals surface area contributed by atoms with Gasteiger partial charge in [0.1, 0.15) is 0 Å². The minimum absolute atomic E-state index is 0.0909. The number of hydrogen-bond donors (Lipinski definition) is 0. The molecule has 0 aromatic carbocycles. The lowest BCUT2D eigenvalue weighted by molar-refractivity contribution is -0.146. The van der Waals surface area contributed by atoms with Crippen LogP contribution in [-0.2, 0) is 19.2 Å². The molecule has 2 heterocycles. The number of fused-ring (bicyclic) bond motifs is 10. The lowest BCUT2D eigenvalue weighted by Gasteiger charge is -2.30. The average molecular weight is 407 g/mol. The van der Waals surface area contributed by atoms with E-state index in [2.05, 4.69) is 30.9 Å². The second-order valence-electron chi connectivity index (χ2n) is 9.63. The predicted octanol–water partition coefficient (Wildman–Crippen LogP) is 1.00. The van der Waals surface area contributed by atoms with E-state index in [9.17, 15) is 19.2 Å². The van der Waals surface area contributed by atoms with E-state index in [0.29, 0.717) is 6.54 Å². The molecule has 0 unspecified atom stereocenters. The summed E-state index contributed by atoms with van der Waals surface area (Å²) in [7, 11) is 0. The molecule has 6 rings (SSSR count). The Labute approximate surface area is 175 Å². The van der Waals surface area contributed by atoms with Crippen molar-refractivity contribution in [1.29, 1.82) is 0 Å². The van der Waals surface area contributed by atoms with Crippen molar-refractivity contribution >= 4 is 23.6 Å². The number of imide groups is 2. The van der Waals surface area contributed by atoms with Crippen molar-refractivity contribution in [2.45, 2.75) is 12.8 Å². The first kappa shape index (κ1) is 18.2. The number of allylic oxidation sites excluding steroid dienone is 4. The summed E-state index contributed by atoms with van der Waals surface area (Å²) in [5.74, 6) is -0.772. The van der Waals surface area contributed by atoms with E-state index < -0.39 is 0 Å². The molecule has 2 aliphatic heterocycles. The highest BCUT2D eigenvalue weighted by Gasteiger charge is 2.61. The standard InChI is InChI=1S/C23H25N3O4/c1-2-7-24(10-25-20(27)16-12-3-4-13(8-12)17(16)21(25)28)11-26-22(29)18-14-5-6-15(9-14)19(18)23(26)30/h2-6,12-19H,1,7-11H2/t12-,13-,14-,15+,16-,17+,18-,19+/m0/s1. The Morgan fingerprint density at radius 1 is 0.733 bits per heavy atom. The quantitative estimate of drug-likeness (QED) is 0.485. The van der Waals surface area contributed by atoms with Crippen LogP contribution in [0.15, 0.2) is 37.0 Å². The van der Waals surface area contributed by atoms with E-state index >= 15 is 0 Å². The molecular weight excluding hydrogens is 382 g/mol. The molecule has 6 aliphatic rings. The van der Waals surface area contributed by atoms with E-state index in [-0.39, 0.29) is 84.3 Å². The maximum absolute atomic E-state index is 13.0. The Morgan fingerprint density at radius 2 is 1.07 bits per heavy atom. The molecule has 0 aromatic heterocycles. The molecule has 0 radical (unpaired) electrons. The van der Waals surface area contributed by atoms with Crippen LogP contribution < -0.4 is 0 Å². The zero-order chi connectivity index (χ0) is 20.7. The Morgan fingerprint density at radius 3 is 1.37 bits per heavy atom. The molecule has 0 N–H and O–H groups in total.